The standard InChI is InChI=1S/C13H23N3S/c1-10-8-16(9-12-14-5-6-17-12)11(7-15-10)13(2,3)4/h5-6,10-11,15H,7-9H2,1-4H3. The lowest BCUT2D eigenvalue weighted by Gasteiger charge is -2.45. The summed E-state index contributed by atoms with van der Waals surface area (Å²) >= 11 is 1.76. The van der Waals surface area contributed by atoms with Gasteiger partial charge in [-0.05, 0) is 12.3 Å². The molecule has 0 amide bonds. The smallest absolute Gasteiger partial charge is 0.107 e. The second-order valence-electron chi connectivity index (χ2n) is 6.05. The maximum absolute atomic E-state index is 4.41. The summed E-state index contributed by atoms with van der Waals surface area (Å²) in [4.78, 5) is 6.99. The Labute approximate surface area is 108 Å². The molecule has 2 unspecified atom stereocenters. The highest BCUT2D eigenvalue weighted by Crippen LogP contribution is 2.27. The molecule has 1 aromatic heterocycles. The van der Waals surface area contributed by atoms with Gasteiger partial charge in [0.2, 0.25) is 0 Å². The quantitative estimate of drug-likeness (QED) is 0.877. The van der Waals surface area contributed by atoms with Gasteiger partial charge in [-0.2, -0.15) is 0 Å². The molecule has 0 radical (unpaired) electrons. The third-order valence-corrected chi connectivity index (χ3v) is 4.19. The summed E-state index contributed by atoms with van der Waals surface area (Å²) in [5.41, 5.74) is 0.310. The summed E-state index contributed by atoms with van der Waals surface area (Å²) in [6, 6.07) is 1.16. The first kappa shape index (κ1) is 13.0. The lowest BCUT2D eigenvalue weighted by Crippen LogP contribution is -2.59. The molecule has 4 heteroatoms. The van der Waals surface area contributed by atoms with E-state index in [4.69, 9.17) is 0 Å². The second-order valence-corrected chi connectivity index (χ2v) is 7.03. The van der Waals surface area contributed by atoms with Crippen molar-refractivity contribution in [2.45, 2.75) is 46.3 Å². The Morgan fingerprint density at radius 1 is 1.53 bits per heavy atom. The molecule has 3 nitrogen and oxygen atoms in total. The number of nitrogens with zero attached hydrogens (tertiary/aromatic N) is 2. The van der Waals surface area contributed by atoms with Gasteiger partial charge >= 0.3 is 0 Å². The van der Waals surface area contributed by atoms with E-state index in [2.05, 4.69) is 48.3 Å². The van der Waals surface area contributed by atoms with E-state index in [1.807, 2.05) is 6.20 Å². The third-order valence-electron chi connectivity index (χ3n) is 3.43. The first-order valence-electron chi connectivity index (χ1n) is 6.32. The van der Waals surface area contributed by atoms with E-state index >= 15 is 0 Å². The fourth-order valence-electron chi connectivity index (χ4n) is 2.52. The number of rotatable bonds is 2. The van der Waals surface area contributed by atoms with Crippen molar-refractivity contribution in [2.75, 3.05) is 13.1 Å². The molecular formula is C13H23N3S. The van der Waals surface area contributed by atoms with Crippen molar-refractivity contribution >= 4 is 11.3 Å². The normalized spacial score (nSPS) is 27.3. The predicted molar refractivity (Wildman–Crippen MR) is 73.2 cm³/mol. The monoisotopic (exact) mass is 253 g/mol. The van der Waals surface area contributed by atoms with Crippen molar-refractivity contribution in [1.29, 1.82) is 0 Å². The molecule has 2 atom stereocenters. The van der Waals surface area contributed by atoms with E-state index in [1.54, 1.807) is 11.3 Å². The van der Waals surface area contributed by atoms with Crippen LogP contribution < -0.4 is 5.32 Å². The summed E-state index contributed by atoms with van der Waals surface area (Å²) in [5, 5.41) is 6.88. The van der Waals surface area contributed by atoms with Gasteiger partial charge in [0.05, 0.1) is 6.54 Å². The fraction of sp³-hybridized carbons (Fsp3) is 0.769. The number of hydrogen-bond acceptors (Lipinski definition) is 4. The second kappa shape index (κ2) is 5.04. The van der Waals surface area contributed by atoms with Crippen LogP contribution >= 0.6 is 11.3 Å². The van der Waals surface area contributed by atoms with Crippen LogP contribution in [0.1, 0.15) is 32.7 Å². The first-order valence-corrected chi connectivity index (χ1v) is 7.20. The average Bonchev–Trinajstić information content (AvgIpc) is 2.68. The molecule has 0 aliphatic carbocycles. The zero-order valence-corrected chi connectivity index (χ0v) is 12.0. The highest BCUT2D eigenvalue weighted by molar-refractivity contribution is 7.09. The molecule has 2 rings (SSSR count). The Morgan fingerprint density at radius 2 is 2.29 bits per heavy atom. The minimum absolute atomic E-state index is 0.310. The van der Waals surface area contributed by atoms with Crippen molar-refractivity contribution < 1.29 is 0 Å². The van der Waals surface area contributed by atoms with E-state index in [1.165, 1.54) is 5.01 Å². The number of aromatic nitrogens is 1. The maximum Gasteiger partial charge on any atom is 0.107 e. The summed E-state index contributed by atoms with van der Waals surface area (Å²) in [6.45, 7) is 12.4. The van der Waals surface area contributed by atoms with Gasteiger partial charge in [0, 0.05) is 36.8 Å². The number of nitrogens with one attached hydrogen (secondary N) is 1. The molecule has 0 spiro atoms. The Hall–Kier alpha value is -0.450. The van der Waals surface area contributed by atoms with Crippen molar-refractivity contribution in [3.63, 3.8) is 0 Å². The van der Waals surface area contributed by atoms with Crippen LogP contribution in [-0.4, -0.2) is 35.1 Å². The van der Waals surface area contributed by atoms with Crippen LogP contribution in [0.15, 0.2) is 11.6 Å². The molecule has 1 saturated heterocycles. The molecule has 1 fully saturated rings. The number of thiazole rings is 1. The summed E-state index contributed by atoms with van der Waals surface area (Å²) < 4.78 is 0. The minimum atomic E-state index is 0.310. The Bertz CT molecular complexity index is 342. The molecule has 0 bridgehead atoms. The van der Waals surface area contributed by atoms with E-state index in [9.17, 15) is 0 Å². The molecule has 1 aliphatic heterocycles. The Morgan fingerprint density at radius 3 is 2.88 bits per heavy atom. The lowest BCUT2D eigenvalue weighted by atomic mass is 9.84. The number of hydrogen-bond donors (Lipinski definition) is 1. The van der Waals surface area contributed by atoms with Gasteiger partial charge < -0.3 is 5.32 Å². The molecule has 1 aromatic rings. The highest BCUT2D eigenvalue weighted by atomic mass is 32.1. The van der Waals surface area contributed by atoms with Gasteiger partial charge in [0.25, 0.3) is 0 Å². The van der Waals surface area contributed by atoms with Crippen LogP contribution in [0.2, 0.25) is 0 Å². The fourth-order valence-corrected chi connectivity index (χ4v) is 3.16. The minimum Gasteiger partial charge on any atom is -0.311 e. The van der Waals surface area contributed by atoms with Crippen molar-refractivity contribution in [3.8, 4) is 0 Å². The summed E-state index contributed by atoms with van der Waals surface area (Å²) in [7, 11) is 0. The summed E-state index contributed by atoms with van der Waals surface area (Å²) in [6.07, 6.45) is 1.90. The molecule has 0 saturated carbocycles. The van der Waals surface area contributed by atoms with Crippen LogP contribution in [-0.2, 0) is 6.54 Å². The molecule has 1 N–H and O–H groups in total. The Kier molecular flexibility index (Phi) is 3.85. The molecule has 0 aromatic carbocycles. The molecule has 17 heavy (non-hydrogen) atoms. The van der Waals surface area contributed by atoms with Crippen molar-refractivity contribution in [3.05, 3.63) is 16.6 Å². The molecule has 2 heterocycles. The van der Waals surface area contributed by atoms with Crippen LogP contribution in [0.5, 0.6) is 0 Å². The predicted octanol–water partition coefficient (Wildman–Crippen LogP) is 2.35. The van der Waals surface area contributed by atoms with E-state index in [0.717, 1.165) is 19.6 Å². The van der Waals surface area contributed by atoms with Gasteiger partial charge in [0.1, 0.15) is 5.01 Å². The van der Waals surface area contributed by atoms with E-state index in [0.29, 0.717) is 17.5 Å². The van der Waals surface area contributed by atoms with Crippen LogP contribution in [0.4, 0.5) is 0 Å². The van der Waals surface area contributed by atoms with Gasteiger partial charge in [-0.25, -0.2) is 4.98 Å². The zero-order chi connectivity index (χ0) is 12.5. The topological polar surface area (TPSA) is 28.2 Å². The third kappa shape index (κ3) is 3.27. The zero-order valence-electron chi connectivity index (χ0n) is 11.2. The first-order chi connectivity index (χ1) is 7.97. The SMILES string of the molecule is CC1CN(Cc2nccs2)C(C(C)(C)C)CN1. The maximum atomic E-state index is 4.41. The van der Waals surface area contributed by atoms with Crippen LogP contribution in [0.25, 0.3) is 0 Å². The van der Waals surface area contributed by atoms with Crippen LogP contribution in [0, 0.1) is 5.41 Å². The Balaban J connectivity index is 2.09. The number of piperazine rings is 1. The molecule has 96 valence electrons. The highest BCUT2D eigenvalue weighted by Gasteiger charge is 2.34. The molecule has 1 aliphatic rings. The van der Waals surface area contributed by atoms with Gasteiger partial charge in [-0.3, -0.25) is 4.90 Å². The van der Waals surface area contributed by atoms with E-state index in [-0.39, 0.29) is 0 Å². The summed E-state index contributed by atoms with van der Waals surface area (Å²) in [5.74, 6) is 0. The largest absolute Gasteiger partial charge is 0.311 e. The van der Waals surface area contributed by atoms with E-state index < -0.39 is 0 Å². The van der Waals surface area contributed by atoms with Crippen molar-refractivity contribution in [1.82, 2.24) is 15.2 Å². The van der Waals surface area contributed by atoms with Gasteiger partial charge in [0.15, 0.2) is 0 Å². The molecular weight excluding hydrogens is 230 g/mol. The average molecular weight is 253 g/mol. The van der Waals surface area contributed by atoms with Gasteiger partial charge in [-0.15, -0.1) is 11.3 Å². The van der Waals surface area contributed by atoms with Gasteiger partial charge in [-0.1, -0.05) is 20.8 Å². The lowest BCUT2D eigenvalue weighted by molar-refractivity contribution is 0.0525. The van der Waals surface area contributed by atoms with Crippen LogP contribution in [0.3, 0.4) is 0 Å². The van der Waals surface area contributed by atoms with Crippen molar-refractivity contribution in [2.24, 2.45) is 5.41 Å².